The van der Waals surface area contributed by atoms with Crippen molar-refractivity contribution < 1.29 is 19.0 Å². The minimum atomic E-state index is -0.609. The van der Waals surface area contributed by atoms with Crippen LogP contribution in [0, 0.1) is 11.7 Å². The molecule has 0 aromatic heterocycles. The Morgan fingerprint density at radius 1 is 1.39 bits per heavy atom. The van der Waals surface area contributed by atoms with Crippen LogP contribution in [0.5, 0.6) is 0 Å². The fourth-order valence-corrected chi connectivity index (χ4v) is 2.87. The largest absolute Gasteiger partial charge is 0.388 e. The topological polar surface area (TPSA) is 61.8 Å². The molecule has 1 aliphatic heterocycles. The van der Waals surface area contributed by atoms with E-state index in [1.165, 1.54) is 12.1 Å². The molecule has 1 aliphatic rings. The van der Waals surface area contributed by atoms with Gasteiger partial charge >= 0.3 is 6.03 Å². The minimum Gasteiger partial charge on any atom is -0.388 e. The van der Waals surface area contributed by atoms with E-state index in [-0.39, 0.29) is 17.8 Å². The van der Waals surface area contributed by atoms with Crippen LogP contribution >= 0.6 is 0 Å². The number of aliphatic hydroxyl groups is 1. The van der Waals surface area contributed by atoms with Gasteiger partial charge < -0.3 is 20.1 Å². The molecule has 0 aliphatic carbocycles. The van der Waals surface area contributed by atoms with Crippen LogP contribution in [0.25, 0.3) is 0 Å². The maximum atomic E-state index is 12.9. The number of hydrogen-bond donors (Lipinski definition) is 2. The number of aliphatic hydroxyl groups excluding tert-OH is 1. The summed E-state index contributed by atoms with van der Waals surface area (Å²) in [6, 6.07) is 5.90. The highest BCUT2D eigenvalue weighted by atomic mass is 19.1. The molecule has 0 radical (unpaired) electrons. The monoisotopic (exact) mass is 324 g/mol. The van der Waals surface area contributed by atoms with Crippen molar-refractivity contribution in [2.75, 3.05) is 33.4 Å². The van der Waals surface area contributed by atoms with Crippen molar-refractivity contribution >= 4 is 6.03 Å². The molecule has 1 atom stereocenters. The standard InChI is InChI=1S/C17H25FN2O3/c1-23-12-2-9-19-17(22)20-10-7-14(8-11-20)16(21)13-3-5-15(18)6-4-13/h3-6,14,16,21H,2,7-12H2,1H3,(H,19,22). The Bertz CT molecular complexity index is 487. The molecule has 5 nitrogen and oxygen atoms in total. The third-order valence-corrected chi connectivity index (χ3v) is 4.29. The van der Waals surface area contributed by atoms with Crippen molar-refractivity contribution in [1.29, 1.82) is 0 Å². The highest BCUT2D eigenvalue weighted by Crippen LogP contribution is 2.30. The fraction of sp³-hybridized carbons (Fsp3) is 0.588. The second-order valence-corrected chi connectivity index (χ2v) is 5.90. The van der Waals surface area contributed by atoms with Gasteiger partial charge in [-0.3, -0.25) is 0 Å². The molecule has 0 spiro atoms. The highest BCUT2D eigenvalue weighted by Gasteiger charge is 2.28. The van der Waals surface area contributed by atoms with E-state index in [2.05, 4.69) is 5.32 Å². The second-order valence-electron chi connectivity index (χ2n) is 5.90. The Balaban J connectivity index is 1.76. The normalized spacial score (nSPS) is 17.1. The first kappa shape index (κ1) is 17.7. The lowest BCUT2D eigenvalue weighted by Gasteiger charge is -2.34. The van der Waals surface area contributed by atoms with Crippen LogP contribution < -0.4 is 5.32 Å². The number of carbonyl (C=O) groups excluding carboxylic acids is 1. The number of amides is 2. The summed E-state index contributed by atoms with van der Waals surface area (Å²) >= 11 is 0. The van der Waals surface area contributed by atoms with Gasteiger partial charge in [0.2, 0.25) is 0 Å². The molecule has 1 heterocycles. The van der Waals surface area contributed by atoms with E-state index in [1.54, 1.807) is 24.1 Å². The van der Waals surface area contributed by atoms with Crippen molar-refractivity contribution in [2.24, 2.45) is 5.92 Å². The Kier molecular flexibility index (Phi) is 6.80. The van der Waals surface area contributed by atoms with Crippen molar-refractivity contribution in [2.45, 2.75) is 25.4 Å². The molecule has 1 fully saturated rings. The van der Waals surface area contributed by atoms with E-state index in [4.69, 9.17) is 4.74 Å². The summed E-state index contributed by atoms with van der Waals surface area (Å²) < 4.78 is 17.9. The van der Waals surface area contributed by atoms with E-state index >= 15 is 0 Å². The molecule has 0 bridgehead atoms. The molecule has 2 amide bonds. The fourth-order valence-electron chi connectivity index (χ4n) is 2.87. The average molecular weight is 324 g/mol. The van der Waals surface area contributed by atoms with E-state index in [0.29, 0.717) is 26.2 Å². The number of rotatable bonds is 6. The van der Waals surface area contributed by atoms with Crippen LogP contribution in [-0.2, 0) is 4.74 Å². The predicted molar refractivity (Wildman–Crippen MR) is 85.5 cm³/mol. The third kappa shape index (κ3) is 5.18. The number of likely N-dealkylation sites (tertiary alicyclic amines) is 1. The number of carbonyl (C=O) groups is 1. The summed E-state index contributed by atoms with van der Waals surface area (Å²) in [5.41, 5.74) is 0.730. The predicted octanol–water partition coefficient (Wildman–Crippen LogP) is 2.32. The maximum absolute atomic E-state index is 12.9. The lowest BCUT2D eigenvalue weighted by atomic mass is 9.87. The Labute approximate surface area is 136 Å². The smallest absolute Gasteiger partial charge is 0.317 e. The molecule has 1 aromatic carbocycles. The van der Waals surface area contributed by atoms with Crippen LogP contribution in [0.2, 0.25) is 0 Å². The zero-order valence-electron chi connectivity index (χ0n) is 13.5. The molecule has 1 aromatic rings. The lowest BCUT2D eigenvalue weighted by Crippen LogP contribution is -2.45. The van der Waals surface area contributed by atoms with Crippen molar-refractivity contribution in [3.8, 4) is 0 Å². The lowest BCUT2D eigenvalue weighted by molar-refractivity contribution is 0.0664. The van der Waals surface area contributed by atoms with Gasteiger partial charge in [0.05, 0.1) is 6.10 Å². The van der Waals surface area contributed by atoms with Crippen LogP contribution in [0.15, 0.2) is 24.3 Å². The van der Waals surface area contributed by atoms with Gasteiger partial charge in [0.1, 0.15) is 5.82 Å². The molecular formula is C17H25FN2O3. The average Bonchev–Trinajstić information content (AvgIpc) is 2.59. The van der Waals surface area contributed by atoms with Crippen LogP contribution in [0.3, 0.4) is 0 Å². The van der Waals surface area contributed by atoms with Crippen molar-refractivity contribution in [3.05, 3.63) is 35.6 Å². The van der Waals surface area contributed by atoms with Crippen LogP contribution in [-0.4, -0.2) is 49.4 Å². The Hall–Kier alpha value is -1.66. The number of methoxy groups -OCH3 is 1. The number of hydrogen-bond acceptors (Lipinski definition) is 3. The third-order valence-electron chi connectivity index (χ3n) is 4.29. The number of piperidine rings is 1. The summed E-state index contributed by atoms with van der Waals surface area (Å²) in [5.74, 6) is -0.209. The first-order valence-corrected chi connectivity index (χ1v) is 8.07. The maximum Gasteiger partial charge on any atom is 0.317 e. The Morgan fingerprint density at radius 3 is 2.65 bits per heavy atom. The number of benzene rings is 1. The molecule has 2 N–H and O–H groups in total. The van der Waals surface area contributed by atoms with Gasteiger partial charge in [-0.2, -0.15) is 0 Å². The molecule has 128 valence electrons. The zero-order chi connectivity index (χ0) is 16.7. The van der Waals surface area contributed by atoms with Crippen LogP contribution in [0.1, 0.15) is 30.9 Å². The van der Waals surface area contributed by atoms with E-state index in [1.807, 2.05) is 0 Å². The molecule has 6 heteroatoms. The van der Waals surface area contributed by atoms with Gasteiger partial charge in [-0.15, -0.1) is 0 Å². The van der Waals surface area contributed by atoms with Crippen molar-refractivity contribution in [3.63, 3.8) is 0 Å². The van der Waals surface area contributed by atoms with Gasteiger partial charge in [-0.1, -0.05) is 12.1 Å². The molecule has 1 unspecified atom stereocenters. The van der Waals surface area contributed by atoms with Gasteiger partial charge in [-0.25, -0.2) is 9.18 Å². The Morgan fingerprint density at radius 2 is 2.04 bits per heavy atom. The van der Waals surface area contributed by atoms with Gasteiger partial charge in [0.15, 0.2) is 0 Å². The number of nitrogens with zero attached hydrogens (tertiary/aromatic N) is 1. The van der Waals surface area contributed by atoms with Gasteiger partial charge in [0.25, 0.3) is 0 Å². The minimum absolute atomic E-state index is 0.0594. The zero-order valence-corrected chi connectivity index (χ0v) is 13.5. The number of halogens is 1. The summed E-state index contributed by atoms with van der Waals surface area (Å²) in [4.78, 5) is 13.8. The van der Waals surface area contributed by atoms with E-state index in [9.17, 15) is 14.3 Å². The molecular weight excluding hydrogens is 299 g/mol. The first-order valence-electron chi connectivity index (χ1n) is 8.07. The number of urea groups is 1. The van der Waals surface area contributed by atoms with Crippen LogP contribution in [0.4, 0.5) is 9.18 Å². The quantitative estimate of drug-likeness (QED) is 0.790. The molecule has 1 saturated heterocycles. The first-order chi connectivity index (χ1) is 11.1. The second kappa shape index (κ2) is 8.84. The van der Waals surface area contributed by atoms with Gasteiger partial charge in [-0.05, 0) is 42.9 Å². The van der Waals surface area contributed by atoms with E-state index in [0.717, 1.165) is 24.8 Å². The summed E-state index contributed by atoms with van der Waals surface area (Å²) in [5, 5.41) is 13.3. The SMILES string of the molecule is COCCCNC(=O)N1CCC(C(O)c2ccc(F)cc2)CC1. The summed E-state index contributed by atoms with van der Waals surface area (Å²) in [7, 11) is 1.64. The molecule has 2 rings (SSSR count). The molecule has 23 heavy (non-hydrogen) atoms. The highest BCUT2D eigenvalue weighted by molar-refractivity contribution is 5.74. The van der Waals surface area contributed by atoms with Gasteiger partial charge in [0, 0.05) is 33.4 Å². The summed E-state index contributed by atoms with van der Waals surface area (Å²) in [6.07, 6.45) is 1.67. The molecule has 0 saturated carbocycles. The number of ether oxygens (including phenoxy) is 1. The summed E-state index contributed by atoms with van der Waals surface area (Å²) in [6.45, 7) is 2.48. The van der Waals surface area contributed by atoms with Crippen molar-refractivity contribution in [1.82, 2.24) is 10.2 Å². The van der Waals surface area contributed by atoms with E-state index < -0.39 is 6.10 Å². The number of nitrogens with one attached hydrogen (secondary N) is 1.